The lowest BCUT2D eigenvalue weighted by molar-refractivity contribution is -0.140. The highest BCUT2D eigenvalue weighted by Crippen LogP contribution is 2.22. The van der Waals surface area contributed by atoms with E-state index in [1.165, 1.54) is 32.4 Å². The zero-order chi connectivity index (χ0) is 20.7. The fourth-order valence-electron chi connectivity index (χ4n) is 2.60. The van der Waals surface area contributed by atoms with Crippen LogP contribution in [0.15, 0.2) is 48.5 Å². The molecule has 0 bridgehead atoms. The van der Waals surface area contributed by atoms with Gasteiger partial charge in [0.1, 0.15) is 0 Å². The molecule has 2 N–H and O–H groups in total. The molecule has 0 unspecified atom stereocenters. The Morgan fingerprint density at radius 3 is 1.93 bits per heavy atom. The van der Waals surface area contributed by atoms with Crippen LogP contribution >= 0.6 is 0 Å². The predicted molar refractivity (Wildman–Crippen MR) is 99.2 cm³/mol. The van der Waals surface area contributed by atoms with E-state index in [4.69, 9.17) is 0 Å². The van der Waals surface area contributed by atoms with Crippen molar-refractivity contribution in [1.82, 2.24) is 0 Å². The summed E-state index contributed by atoms with van der Waals surface area (Å²) in [6.45, 7) is 0. The lowest BCUT2D eigenvalue weighted by atomic mass is 9.95. The second-order valence-corrected chi connectivity index (χ2v) is 5.84. The summed E-state index contributed by atoms with van der Waals surface area (Å²) in [6.07, 6.45) is -0.324. The highest BCUT2D eigenvalue weighted by Gasteiger charge is 2.23. The molecule has 0 saturated heterocycles. The van der Waals surface area contributed by atoms with Crippen molar-refractivity contribution >= 4 is 29.5 Å². The smallest absolute Gasteiger partial charge is 0.337 e. The molecule has 0 spiro atoms. The molecule has 0 aliphatic carbocycles. The molecule has 0 fully saturated rings. The number of aliphatic carboxylic acids is 1. The molecule has 8 nitrogen and oxygen atoms in total. The summed E-state index contributed by atoms with van der Waals surface area (Å²) < 4.78 is 9.27. The first kappa shape index (κ1) is 20.6. The Labute approximate surface area is 161 Å². The SMILES string of the molecule is COC(=O)c1cc(NC(=O)C[C@H](C(=O)O)c2ccccc2)cc(C(=O)OC)c1. The Hall–Kier alpha value is -3.68. The number of carboxylic acid groups (broad SMARTS) is 1. The maximum absolute atomic E-state index is 12.4. The number of esters is 2. The van der Waals surface area contributed by atoms with Crippen molar-refractivity contribution in [2.45, 2.75) is 12.3 Å². The van der Waals surface area contributed by atoms with Gasteiger partial charge in [-0.3, -0.25) is 9.59 Å². The number of nitrogens with one attached hydrogen (secondary N) is 1. The lowest BCUT2D eigenvalue weighted by Crippen LogP contribution is -2.21. The lowest BCUT2D eigenvalue weighted by Gasteiger charge is -2.14. The molecule has 146 valence electrons. The highest BCUT2D eigenvalue weighted by molar-refractivity contribution is 6.00. The van der Waals surface area contributed by atoms with Crippen molar-refractivity contribution in [1.29, 1.82) is 0 Å². The number of carboxylic acids is 1. The van der Waals surface area contributed by atoms with Crippen molar-refractivity contribution < 1.29 is 33.8 Å². The first-order chi connectivity index (χ1) is 13.3. The van der Waals surface area contributed by atoms with Gasteiger partial charge in [-0.2, -0.15) is 0 Å². The van der Waals surface area contributed by atoms with Crippen LogP contribution in [0.25, 0.3) is 0 Å². The third-order valence-electron chi connectivity index (χ3n) is 3.95. The van der Waals surface area contributed by atoms with Crippen LogP contribution in [0.4, 0.5) is 5.69 Å². The van der Waals surface area contributed by atoms with Gasteiger partial charge in [0.05, 0.1) is 31.3 Å². The van der Waals surface area contributed by atoms with Gasteiger partial charge in [0.25, 0.3) is 0 Å². The van der Waals surface area contributed by atoms with E-state index in [0.29, 0.717) is 5.56 Å². The van der Waals surface area contributed by atoms with E-state index in [2.05, 4.69) is 14.8 Å². The van der Waals surface area contributed by atoms with E-state index in [1.54, 1.807) is 30.3 Å². The molecule has 0 radical (unpaired) electrons. The quantitative estimate of drug-likeness (QED) is 0.703. The minimum absolute atomic E-state index is 0.0403. The van der Waals surface area contributed by atoms with E-state index in [1.807, 2.05) is 0 Å². The fraction of sp³-hybridized carbons (Fsp3) is 0.200. The summed E-state index contributed by atoms with van der Waals surface area (Å²) in [5.74, 6) is -4.16. The number of amides is 1. The first-order valence-electron chi connectivity index (χ1n) is 8.25. The first-order valence-corrected chi connectivity index (χ1v) is 8.25. The number of rotatable bonds is 7. The molecule has 0 aliphatic rings. The molecule has 2 aromatic rings. The Balaban J connectivity index is 2.25. The zero-order valence-electron chi connectivity index (χ0n) is 15.3. The molecule has 28 heavy (non-hydrogen) atoms. The summed E-state index contributed by atoms with van der Waals surface area (Å²) in [4.78, 5) is 47.5. The van der Waals surface area contributed by atoms with Crippen molar-refractivity contribution in [3.05, 3.63) is 65.2 Å². The summed E-state index contributed by atoms with van der Waals surface area (Å²) in [6, 6.07) is 12.3. The predicted octanol–water partition coefficient (Wildman–Crippen LogP) is 2.46. The van der Waals surface area contributed by atoms with Gasteiger partial charge in [-0.05, 0) is 23.8 Å². The summed E-state index contributed by atoms with van der Waals surface area (Å²) in [5.41, 5.74) is 0.714. The van der Waals surface area contributed by atoms with Gasteiger partial charge >= 0.3 is 17.9 Å². The van der Waals surface area contributed by atoms with E-state index in [-0.39, 0.29) is 23.2 Å². The standard InChI is InChI=1S/C20H19NO7/c1-27-19(25)13-8-14(20(26)28-2)10-15(9-13)21-17(22)11-16(18(23)24)12-6-4-3-5-7-12/h3-10,16H,11H2,1-2H3,(H,21,22)(H,23,24)/t16-/m0/s1. The number of ether oxygens (including phenoxy) is 2. The Morgan fingerprint density at radius 2 is 1.46 bits per heavy atom. The molecule has 0 aromatic heterocycles. The fourth-order valence-corrected chi connectivity index (χ4v) is 2.60. The summed E-state index contributed by atoms with van der Waals surface area (Å²) >= 11 is 0. The summed E-state index contributed by atoms with van der Waals surface area (Å²) in [7, 11) is 2.37. The molecule has 2 rings (SSSR count). The number of hydrogen-bond donors (Lipinski definition) is 2. The molecule has 8 heteroatoms. The second kappa shape index (κ2) is 9.31. The van der Waals surface area contributed by atoms with Crippen LogP contribution in [0.3, 0.4) is 0 Å². The molecule has 2 aromatic carbocycles. The summed E-state index contributed by atoms with van der Waals surface area (Å²) in [5, 5.41) is 12.0. The van der Waals surface area contributed by atoms with Crippen LogP contribution in [0.1, 0.15) is 38.6 Å². The Kier molecular flexibility index (Phi) is 6.86. The van der Waals surface area contributed by atoms with Crippen molar-refractivity contribution in [3.63, 3.8) is 0 Å². The van der Waals surface area contributed by atoms with E-state index < -0.39 is 29.7 Å². The van der Waals surface area contributed by atoms with Crippen molar-refractivity contribution in [2.75, 3.05) is 19.5 Å². The van der Waals surface area contributed by atoms with Crippen LogP contribution in [0, 0.1) is 0 Å². The normalized spacial score (nSPS) is 11.2. The minimum atomic E-state index is -1.14. The van der Waals surface area contributed by atoms with E-state index in [0.717, 1.165) is 0 Å². The molecule has 0 heterocycles. The van der Waals surface area contributed by atoms with Gasteiger partial charge in [0, 0.05) is 12.1 Å². The van der Waals surface area contributed by atoms with Crippen LogP contribution < -0.4 is 5.32 Å². The maximum atomic E-state index is 12.4. The number of carbonyl (C=O) groups excluding carboxylic acids is 3. The minimum Gasteiger partial charge on any atom is -0.481 e. The third-order valence-corrected chi connectivity index (χ3v) is 3.95. The topological polar surface area (TPSA) is 119 Å². The van der Waals surface area contributed by atoms with Crippen LogP contribution in [-0.4, -0.2) is 43.1 Å². The maximum Gasteiger partial charge on any atom is 0.337 e. The van der Waals surface area contributed by atoms with Gasteiger partial charge in [0.2, 0.25) is 5.91 Å². The Bertz CT molecular complexity index is 858. The third kappa shape index (κ3) is 5.16. The second-order valence-electron chi connectivity index (χ2n) is 5.84. The molecule has 1 amide bonds. The number of hydrogen-bond acceptors (Lipinski definition) is 6. The molecular formula is C20H19NO7. The number of methoxy groups -OCH3 is 2. The van der Waals surface area contributed by atoms with E-state index in [9.17, 15) is 24.3 Å². The van der Waals surface area contributed by atoms with Crippen LogP contribution in [-0.2, 0) is 19.1 Å². The van der Waals surface area contributed by atoms with Gasteiger partial charge < -0.3 is 19.9 Å². The molecular weight excluding hydrogens is 366 g/mol. The monoisotopic (exact) mass is 385 g/mol. The largest absolute Gasteiger partial charge is 0.481 e. The number of benzene rings is 2. The molecule has 0 aliphatic heterocycles. The number of anilines is 1. The molecule has 1 atom stereocenters. The Morgan fingerprint density at radius 1 is 0.929 bits per heavy atom. The average molecular weight is 385 g/mol. The zero-order valence-corrected chi connectivity index (χ0v) is 15.3. The van der Waals surface area contributed by atoms with Crippen molar-refractivity contribution in [3.8, 4) is 0 Å². The van der Waals surface area contributed by atoms with Gasteiger partial charge in [-0.25, -0.2) is 9.59 Å². The van der Waals surface area contributed by atoms with Gasteiger partial charge in [0.15, 0.2) is 0 Å². The van der Waals surface area contributed by atoms with Gasteiger partial charge in [-0.15, -0.1) is 0 Å². The highest BCUT2D eigenvalue weighted by atomic mass is 16.5. The molecule has 0 saturated carbocycles. The van der Waals surface area contributed by atoms with Crippen LogP contribution in [0.5, 0.6) is 0 Å². The van der Waals surface area contributed by atoms with Crippen molar-refractivity contribution in [2.24, 2.45) is 0 Å². The van der Waals surface area contributed by atoms with Gasteiger partial charge in [-0.1, -0.05) is 30.3 Å². The van der Waals surface area contributed by atoms with Crippen LogP contribution in [0.2, 0.25) is 0 Å². The van der Waals surface area contributed by atoms with E-state index >= 15 is 0 Å². The number of carbonyl (C=O) groups is 4. The average Bonchev–Trinajstić information content (AvgIpc) is 2.70.